The van der Waals surface area contributed by atoms with Gasteiger partial charge in [-0.05, 0) is 31.0 Å². The molecule has 102 valence electrons. The number of hydrogen-bond donors (Lipinski definition) is 1. The van der Waals surface area contributed by atoms with Crippen LogP contribution in [0.3, 0.4) is 0 Å². The first-order valence-corrected chi connectivity index (χ1v) is 7.27. The average molecular weight is 269 g/mol. The van der Waals surface area contributed by atoms with Crippen molar-refractivity contribution in [3.05, 3.63) is 29.8 Å². The van der Waals surface area contributed by atoms with Gasteiger partial charge in [-0.3, -0.25) is 0 Å². The number of hydrogen-bond acceptors (Lipinski definition) is 4. The van der Waals surface area contributed by atoms with E-state index in [2.05, 4.69) is 24.3 Å². The van der Waals surface area contributed by atoms with Crippen LogP contribution in [0.2, 0.25) is 0 Å². The minimum atomic E-state index is 0.109. The SMILES string of the molecule is COCCOCCCSc1ccc(C(C)N)cc1. The van der Waals surface area contributed by atoms with E-state index in [-0.39, 0.29) is 6.04 Å². The molecule has 0 aliphatic rings. The third kappa shape index (κ3) is 6.40. The third-order valence-corrected chi connectivity index (χ3v) is 3.64. The predicted octanol–water partition coefficient (Wildman–Crippen LogP) is 2.85. The van der Waals surface area contributed by atoms with Crippen LogP contribution >= 0.6 is 11.8 Å². The molecule has 3 nitrogen and oxygen atoms in total. The number of methoxy groups -OCH3 is 1. The Morgan fingerprint density at radius 3 is 2.50 bits per heavy atom. The topological polar surface area (TPSA) is 44.5 Å². The van der Waals surface area contributed by atoms with Gasteiger partial charge in [0.1, 0.15) is 0 Å². The summed E-state index contributed by atoms with van der Waals surface area (Å²) >= 11 is 1.85. The van der Waals surface area contributed by atoms with Crippen LogP contribution in [-0.4, -0.2) is 32.7 Å². The van der Waals surface area contributed by atoms with Crippen molar-refractivity contribution in [2.45, 2.75) is 24.3 Å². The molecule has 1 unspecified atom stereocenters. The van der Waals surface area contributed by atoms with Crippen LogP contribution in [0, 0.1) is 0 Å². The van der Waals surface area contributed by atoms with Gasteiger partial charge in [0.25, 0.3) is 0 Å². The predicted molar refractivity (Wildman–Crippen MR) is 77.1 cm³/mol. The summed E-state index contributed by atoms with van der Waals surface area (Å²) in [6, 6.07) is 8.58. The number of ether oxygens (including phenoxy) is 2. The Kier molecular flexibility index (Phi) is 8.09. The first-order valence-electron chi connectivity index (χ1n) is 6.29. The van der Waals surface area contributed by atoms with E-state index in [1.54, 1.807) is 7.11 Å². The van der Waals surface area contributed by atoms with Crippen LogP contribution in [0.4, 0.5) is 0 Å². The quantitative estimate of drug-likeness (QED) is 0.553. The number of rotatable bonds is 9. The number of thioether (sulfide) groups is 1. The van der Waals surface area contributed by atoms with E-state index in [4.69, 9.17) is 15.2 Å². The Hall–Kier alpha value is -0.550. The number of nitrogens with two attached hydrogens (primary N) is 1. The Balaban J connectivity index is 2.12. The molecule has 1 aromatic carbocycles. The van der Waals surface area contributed by atoms with Gasteiger partial charge in [-0.15, -0.1) is 11.8 Å². The molecule has 0 aliphatic heterocycles. The Morgan fingerprint density at radius 2 is 1.89 bits per heavy atom. The molecule has 1 rings (SSSR count). The molecule has 4 heteroatoms. The van der Waals surface area contributed by atoms with Crippen molar-refractivity contribution in [1.82, 2.24) is 0 Å². The van der Waals surface area contributed by atoms with Crippen molar-refractivity contribution in [3.8, 4) is 0 Å². The summed E-state index contributed by atoms with van der Waals surface area (Å²) in [7, 11) is 1.69. The molecular formula is C14H23NO2S. The van der Waals surface area contributed by atoms with E-state index in [0.29, 0.717) is 13.2 Å². The highest BCUT2D eigenvalue weighted by Gasteiger charge is 1.99. The van der Waals surface area contributed by atoms with Crippen molar-refractivity contribution in [2.75, 3.05) is 32.7 Å². The molecule has 0 saturated heterocycles. The lowest BCUT2D eigenvalue weighted by Gasteiger charge is -2.07. The molecule has 0 heterocycles. The van der Waals surface area contributed by atoms with Crippen molar-refractivity contribution < 1.29 is 9.47 Å². The maximum Gasteiger partial charge on any atom is 0.0700 e. The van der Waals surface area contributed by atoms with Gasteiger partial charge in [0.2, 0.25) is 0 Å². The lowest BCUT2D eigenvalue weighted by molar-refractivity contribution is 0.0713. The number of benzene rings is 1. The van der Waals surface area contributed by atoms with Crippen molar-refractivity contribution in [3.63, 3.8) is 0 Å². The summed E-state index contributed by atoms with van der Waals surface area (Å²) in [6.07, 6.45) is 1.06. The van der Waals surface area contributed by atoms with Gasteiger partial charge in [-0.1, -0.05) is 12.1 Å². The van der Waals surface area contributed by atoms with Crippen LogP contribution < -0.4 is 5.73 Å². The molecule has 1 aromatic rings. The molecule has 0 amide bonds. The highest BCUT2D eigenvalue weighted by molar-refractivity contribution is 7.99. The molecule has 0 aromatic heterocycles. The standard InChI is InChI=1S/C14H23NO2S/c1-12(15)13-4-6-14(7-5-13)18-11-3-8-17-10-9-16-2/h4-7,12H,3,8-11,15H2,1-2H3. The minimum Gasteiger partial charge on any atom is -0.382 e. The molecule has 18 heavy (non-hydrogen) atoms. The van der Waals surface area contributed by atoms with Crippen LogP contribution in [0.1, 0.15) is 24.9 Å². The van der Waals surface area contributed by atoms with Crippen molar-refractivity contribution in [2.24, 2.45) is 5.73 Å². The average Bonchev–Trinajstić information content (AvgIpc) is 2.38. The van der Waals surface area contributed by atoms with E-state index < -0.39 is 0 Å². The maximum absolute atomic E-state index is 5.81. The van der Waals surface area contributed by atoms with Gasteiger partial charge in [-0.2, -0.15) is 0 Å². The summed E-state index contributed by atoms with van der Waals surface area (Å²) in [5, 5.41) is 0. The van der Waals surface area contributed by atoms with E-state index in [0.717, 1.165) is 18.8 Å². The monoisotopic (exact) mass is 269 g/mol. The second-order valence-electron chi connectivity index (χ2n) is 4.16. The Bertz CT molecular complexity index is 314. The highest BCUT2D eigenvalue weighted by Crippen LogP contribution is 2.20. The maximum atomic E-state index is 5.81. The molecular weight excluding hydrogens is 246 g/mol. The van der Waals surface area contributed by atoms with Gasteiger partial charge in [0, 0.05) is 30.4 Å². The molecule has 1 atom stereocenters. The summed E-state index contributed by atoms with van der Waals surface area (Å²) < 4.78 is 10.3. The van der Waals surface area contributed by atoms with Crippen molar-refractivity contribution >= 4 is 11.8 Å². The van der Waals surface area contributed by atoms with E-state index >= 15 is 0 Å². The van der Waals surface area contributed by atoms with E-state index in [9.17, 15) is 0 Å². The zero-order chi connectivity index (χ0) is 13.2. The van der Waals surface area contributed by atoms with Crippen LogP contribution in [0.15, 0.2) is 29.2 Å². The Morgan fingerprint density at radius 1 is 1.17 bits per heavy atom. The molecule has 0 bridgehead atoms. The lowest BCUT2D eigenvalue weighted by Crippen LogP contribution is -2.04. The van der Waals surface area contributed by atoms with Crippen LogP contribution in [0.5, 0.6) is 0 Å². The van der Waals surface area contributed by atoms with Gasteiger partial charge in [-0.25, -0.2) is 0 Å². The van der Waals surface area contributed by atoms with E-state index in [1.165, 1.54) is 10.5 Å². The summed E-state index contributed by atoms with van der Waals surface area (Å²) in [6.45, 7) is 4.16. The first-order chi connectivity index (χ1) is 8.74. The lowest BCUT2D eigenvalue weighted by atomic mass is 10.1. The first kappa shape index (κ1) is 15.5. The Labute approximate surface area is 114 Å². The molecule has 0 saturated carbocycles. The molecule has 2 N–H and O–H groups in total. The van der Waals surface area contributed by atoms with Gasteiger partial charge in [0.15, 0.2) is 0 Å². The summed E-state index contributed by atoms with van der Waals surface area (Å²) in [4.78, 5) is 1.29. The molecule has 0 radical (unpaired) electrons. The van der Waals surface area contributed by atoms with Crippen molar-refractivity contribution in [1.29, 1.82) is 0 Å². The van der Waals surface area contributed by atoms with Gasteiger partial charge < -0.3 is 15.2 Å². The fourth-order valence-corrected chi connectivity index (χ4v) is 2.29. The molecule has 0 aliphatic carbocycles. The highest BCUT2D eigenvalue weighted by atomic mass is 32.2. The molecule has 0 spiro atoms. The fourth-order valence-electron chi connectivity index (χ4n) is 1.46. The third-order valence-electron chi connectivity index (χ3n) is 2.54. The largest absolute Gasteiger partial charge is 0.382 e. The zero-order valence-electron chi connectivity index (χ0n) is 11.2. The molecule has 0 fully saturated rings. The smallest absolute Gasteiger partial charge is 0.0700 e. The fraction of sp³-hybridized carbons (Fsp3) is 0.571. The van der Waals surface area contributed by atoms with Crippen LogP contribution in [-0.2, 0) is 9.47 Å². The van der Waals surface area contributed by atoms with Crippen LogP contribution in [0.25, 0.3) is 0 Å². The second kappa shape index (κ2) is 9.39. The van der Waals surface area contributed by atoms with E-state index in [1.807, 2.05) is 18.7 Å². The zero-order valence-corrected chi connectivity index (χ0v) is 12.0. The normalized spacial score (nSPS) is 12.6. The summed E-state index contributed by atoms with van der Waals surface area (Å²) in [5.74, 6) is 1.07. The minimum absolute atomic E-state index is 0.109. The summed E-state index contributed by atoms with van der Waals surface area (Å²) in [5.41, 5.74) is 6.99. The second-order valence-corrected chi connectivity index (χ2v) is 5.33. The van der Waals surface area contributed by atoms with Gasteiger partial charge in [0.05, 0.1) is 13.2 Å². The van der Waals surface area contributed by atoms with Gasteiger partial charge >= 0.3 is 0 Å².